The molecule has 88 valence electrons. The van der Waals surface area contributed by atoms with Gasteiger partial charge in [-0.05, 0) is 26.9 Å². The van der Waals surface area contributed by atoms with Crippen LogP contribution < -0.4 is 10.9 Å². The van der Waals surface area contributed by atoms with Crippen LogP contribution in [0.25, 0.3) is 0 Å². The summed E-state index contributed by atoms with van der Waals surface area (Å²) in [7, 11) is 4.02. The van der Waals surface area contributed by atoms with Crippen LogP contribution in [-0.2, 0) is 12.8 Å². The highest BCUT2D eigenvalue weighted by Gasteiger charge is 2.14. The summed E-state index contributed by atoms with van der Waals surface area (Å²) >= 11 is 0. The quantitative estimate of drug-likeness (QED) is 0.768. The number of aromatic nitrogens is 2. The molecular weight excluding hydrogens is 204 g/mol. The van der Waals surface area contributed by atoms with Crippen molar-refractivity contribution in [3.05, 3.63) is 21.7 Å². The third-order valence-corrected chi connectivity index (χ3v) is 2.76. The SMILES string of the molecule is CN(C)CCc1nc2c(c(=O)[nH]1)CCCN2. The normalized spacial score (nSPS) is 14.7. The predicted molar refractivity (Wildman–Crippen MR) is 63.9 cm³/mol. The number of nitrogens with one attached hydrogen (secondary N) is 2. The van der Waals surface area contributed by atoms with E-state index in [9.17, 15) is 4.79 Å². The first-order valence-corrected chi connectivity index (χ1v) is 5.67. The van der Waals surface area contributed by atoms with Crippen molar-refractivity contribution in [1.29, 1.82) is 0 Å². The summed E-state index contributed by atoms with van der Waals surface area (Å²) in [6.45, 7) is 1.80. The molecule has 1 aliphatic heterocycles. The van der Waals surface area contributed by atoms with Crippen molar-refractivity contribution in [3.8, 4) is 0 Å². The Labute approximate surface area is 94.9 Å². The van der Waals surface area contributed by atoms with Gasteiger partial charge in [0.25, 0.3) is 5.56 Å². The maximum Gasteiger partial charge on any atom is 0.256 e. The summed E-state index contributed by atoms with van der Waals surface area (Å²) in [6.07, 6.45) is 2.62. The zero-order chi connectivity index (χ0) is 11.5. The molecule has 0 atom stereocenters. The molecule has 0 saturated heterocycles. The summed E-state index contributed by atoms with van der Waals surface area (Å²) in [5.41, 5.74) is 0.825. The minimum absolute atomic E-state index is 0.0194. The van der Waals surface area contributed by atoms with Crippen molar-refractivity contribution < 1.29 is 0 Å². The molecule has 2 heterocycles. The lowest BCUT2D eigenvalue weighted by Gasteiger charge is -2.17. The van der Waals surface area contributed by atoms with Gasteiger partial charge in [0.15, 0.2) is 0 Å². The molecule has 5 nitrogen and oxygen atoms in total. The Morgan fingerprint density at radius 3 is 3.00 bits per heavy atom. The van der Waals surface area contributed by atoms with Crippen molar-refractivity contribution >= 4 is 5.82 Å². The Bertz CT molecular complexity index is 424. The van der Waals surface area contributed by atoms with Crippen LogP contribution in [0.1, 0.15) is 17.8 Å². The molecule has 0 aliphatic carbocycles. The van der Waals surface area contributed by atoms with Crippen LogP contribution in [0.3, 0.4) is 0 Å². The molecule has 16 heavy (non-hydrogen) atoms. The van der Waals surface area contributed by atoms with Gasteiger partial charge in [-0.15, -0.1) is 0 Å². The number of hydrogen-bond donors (Lipinski definition) is 2. The lowest BCUT2D eigenvalue weighted by Crippen LogP contribution is -2.26. The average Bonchev–Trinajstić information content (AvgIpc) is 2.26. The van der Waals surface area contributed by atoms with Crippen LogP contribution in [0.5, 0.6) is 0 Å². The molecule has 2 N–H and O–H groups in total. The van der Waals surface area contributed by atoms with Gasteiger partial charge in [-0.2, -0.15) is 0 Å². The monoisotopic (exact) mass is 222 g/mol. The van der Waals surface area contributed by atoms with Crippen LogP contribution in [0.4, 0.5) is 5.82 Å². The van der Waals surface area contributed by atoms with E-state index in [0.29, 0.717) is 0 Å². The molecular formula is C11H18N4O. The number of aromatic amines is 1. The minimum Gasteiger partial charge on any atom is -0.370 e. The second-order valence-corrected chi connectivity index (χ2v) is 4.42. The highest BCUT2D eigenvalue weighted by molar-refractivity contribution is 5.45. The zero-order valence-electron chi connectivity index (χ0n) is 9.84. The van der Waals surface area contributed by atoms with Gasteiger partial charge in [-0.1, -0.05) is 0 Å². The molecule has 0 spiro atoms. The lowest BCUT2D eigenvalue weighted by molar-refractivity contribution is 0.409. The van der Waals surface area contributed by atoms with Crippen molar-refractivity contribution in [2.45, 2.75) is 19.3 Å². The molecule has 0 saturated carbocycles. The molecule has 0 radical (unpaired) electrons. The van der Waals surface area contributed by atoms with Gasteiger partial charge in [0.2, 0.25) is 0 Å². The summed E-state index contributed by atoms with van der Waals surface area (Å²) < 4.78 is 0. The van der Waals surface area contributed by atoms with Gasteiger partial charge < -0.3 is 15.2 Å². The Hall–Kier alpha value is -1.36. The Kier molecular flexibility index (Phi) is 3.24. The number of nitrogens with zero attached hydrogens (tertiary/aromatic N) is 2. The van der Waals surface area contributed by atoms with E-state index in [1.165, 1.54) is 0 Å². The van der Waals surface area contributed by atoms with E-state index < -0.39 is 0 Å². The summed E-state index contributed by atoms with van der Waals surface area (Å²) in [4.78, 5) is 21.2. The van der Waals surface area contributed by atoms with Gasteiger partial charge in [0.1, 0.15) is 11.6 Å². The van der Waals surface area contributed by atoms with Crippen molar-refractivity contribution in [1.82, 2.24) is 14.9 Å². The topological polar surface area (TPSA) is 61.0 Å². The smallest absolute Gasteiger partial charge is 0.256 e. The molecule has 1 aromatic rings. The van der Waals surface area contributed by atoms with Gasteiger partial charge >= 0.3 is 0 Å². The van der Waals surface area contributed by atoms with Gasteiger partial charge in [-0.25, -0.2) is 4.98 Å². The van der Waals surface area contributed by atoms with Crippen LogP contribution >= 0.6 is 0 Å². The number of H-pyrrole nitrogens is 1. The minimum atomic E-state index is 0.0194. The zero-order valence-corrected chi connectivity index (χ0v) is 9.84. The van der Waals surface area contributed by atoms with E-state index in [2.05, 4.69) is 20.2 Å². The number of rotatable bonds is 3. The molecule has 0 aromatic carbocycles. The fourth-order valence-electron chi connectivity index (χ4n) is 1.84. The number of likely N-dealkylation sites (N-methyl/N-ethyl adjacent to an activating group) is 1. The molecule has 1 aromatic heterocycles. The average molecular weight is 222 g/mol. The molecule has 0 bridgehead atoms. The number of fused-ring (bicyclic) bond motifs is 1. The van der Waals surface area contributed by atoms with Crippen molar-refractivity contribution in [3.63, 3.8) is 0 Å². The molecule has 0 unspecified atom stereocenters. The first-order valence-electron chi connectivity index (χ1n) is 5.67. The maximum absolute atomic E-state index is 11.8. The third kappa shape index (κ3) is 2.41. The Morgan fingerprint density at radius 1 is 1.44 bits per heavy atom. The molecule has 0 fully saturated rings. The summed E-state index contributed by atoms with van der Waals surface area (Å²) in [5.74, 6) is 1.55. The first-order chi connectivity index (χ1) is 7.66. The Morgan fingerprint density at radius 2 is 2.25 bits per heavy atom. The van der Waals surface area contributed by atoms with Crippen LogP contribution in [-0.4, -0.2) is 42.1 Å². The van der Waals surface area contributed by atoms with Gasteiger partial charge in [0, 0.05) is 19.5 Å². The fourth-order valence-corrected chi connectivity index (χ4v) is 1.84. The largest absolute Gasteiger partial charge is 0.370 e. The number of hydrogen-bond acceptors (Lipinski definition) is 4. The van der Waals surface area contributed by atoms with Crippen LogP contribution in [0.15, 0.2) is 4.79 Å². The van der Waals surface area contributed by atoms with Crippen molar-refractivity contribution in [2.75, 3.05) is 32.5 Å². The lowest BCUT2D eigenvalue weighted by atomic mass is 10.1. The standard InChI is InChI=1S/C11H18N4O/c1-15(2)7-5-9-13-10-8(11(16)14-9)4-3-6-12-10/h3-7H2,1-2H3,(H2,12,13,14,16). The predicted octanol–water partition coefficient (Wildman–Crippen LogP) is 0.232. The molecule has 2 rings (SSSR count). The second kappa shape index (κ2) is 4.65. The van der Waals surface area contributed by atoms with E-state index in [0.717, 1.165) is 49.6 Å². The molecule has 5 heteroatoms. The number of anilines is 1. The highest BCUT2D eigenvalue weighted by atomic mass is 16.1. The van der Waals surface area contributed by atoms with E-state index in [1.807, 2.05) is 14.1 Å². The third-order valence-electron chi connectivity index (χ3n) is 2.76. The first kappa shape index (κ1) is 11.1. The highest BCUT2D eigenvalue weighted by Crippen LogP contribution is 2.14. The maximum atomic E-state index is 11.8. The van der Waals surface area contributed by atoms with Gasteiger partial charge in [-0.3, -0.25) is 4.79 Å². The molecule has 1 aliphatic rings. The van der Waals surface area contributed by atoms with E-state index in [1.54, 1.807) is 0 Å². The van der Waals surface area contributed by atoms with Gasteiger partial charge in [0.05, 0.1) is 5.56 Å². The molecule has 0 amide bonds. The van der Waals surface area contributed by atoms with E-state index in [4.69, 9.17) is 0 Å². The second-order valence-electron chi connectivity index (χ2n) is 4.42. The van der Waals surface area contributed by atoms with Crippen LogP contribution in [0, 0.1) is 0 Å². The summed E-state index contributed by atoms with van der Waals surface area (Å²) in [6, 6.07) is 0. The van der Waals surface area contributed by atoms with Crippen LogP contribution in [0.2, 0.25) is 0 Å². The van der Waals surface area contributed by atoms with E-state index in [-0.39, 0.29) is 5.56 Å². The summed E-state index contributed by atoms with van der Waals surface area (Å²) in [5, 5.41) is 3.19. The van der Waals surface area contributed by atoms with Crippen molar-refractivity contribution in [2.24, 2.45) is 0 Å². The fraction of sp³-hybridized carbons (Fsp3) is 0.636. The van der Waals surface area contributed by atoms with E-state index >= 15 is 0 Å². The Balaban J connectivity index is 2.22.